The first-order valence-corrected chi connectivity index (χ1v) is 10.6. The number of benzene rings is 1. The summed E-state index contributed by atoms with van der Waals surface area (Å²) in [4.78, 5) is 30.6. The molecule has 2 atom stereocenters. The Kier molecular flexibility index (Phi) is 5.65. The lowest BCUT2D eigenvalue weighted by Crippen LogP contribution is -2.39. The molecule has 10 heteroatoms. The van der Waals surface area contributed by atoms with Crippen LogP contribution in [0.1, 0.15) is 31.2 Å². The van der Waals surface area contributed by atoms with Crippen molar-refractivity contribution in [2.24, 2.45) is 14.1 Å². The quantitative estimate of drug-likeness (QED) is 0.635. The number of hydrogen-bond donors (Lipinski definition) is 2. The number of nitrogens with one attached hydrogen (secondary N) is 1. The largest absolute Gasteiger partial charge is 0.391 e. The summed E-state index contributed by atoms with van der Waals surface area (Å²) < 4.78 is 4.16. The number of nitrogens with zero attached hydrogens (tertiary/aromatic N) is 4. The molecule has 0 radical (unpaired) electrons. The molecule has 0 amide bonds. The van der Waals surface area contributed by atoms with E-state index >= 15 is 0 Å². The average molecular weight is 452 g/mol. The molecule has 1 saturated carbocycles. The van der Waals surface area contributed by atoms with Crippen LogP contribution < -0.4 is 16.6 Å². The molecule has 2 aromatic heterocycles. The molecule has 3 aromatic rings. The zero-order valence-electron chi connectivity index (χ0n) is 16.7. The van der Waals surface area contributed by atoms with E-state index in [1.807, 2.05) is 0 Å². The third-order valence-electron chi connectivity index (χ3n) is 5.73. The Morgan fingerprint density at radius 1 is 1.13 bits per heavy atom. The van der Waals surface area contributed by atoms with Crippen LogP contribution in [0.15, 0.2) is 27.8 Å². The summed E-state index contributed by atoms with van der Waals surface area (Å²) in [6.45, 7) is 0.0631. The van der Waals surface area contributed by atoms with Crippen LogP contribution in [-0.4, -0.2) is 35.9 Å². The van der Waals surface area contributed by atoms with Crippen molar-refractivity contribution in [2.45, 2.75) is 44.4 Å². The fraction of sp³-hybridized carbons (Fsp3) is 0.450. The molecule has 2 N–H and O–H groups in total. The van der Waals surface area contributed by atoms with E-state index in [9.17, 15) is 14.7 Å². The first-order chi connectivity index (χ1) is 14.3. The summed E-state index contributed by atoms with van der Waals surface area (Å²) in [7, 11) is 3.31. The van der Waals surface area contributed by atoms with E-state index in [4.69, 9.17) is 23.2 Å². The summed E-state index contributed by atoms with van der Waals surface area (Å²) in [5, 5.41) is 14.3. The molecule has 1 aliphatic carbocycles. The monoisotopic (exact) mass is 451 g/mol. The standard InChI is InChI=1S/C20H23Cl2N5O3/c1-25-16-17(24-19(25)23-14-5-3-4-6-15(14)28)26(2)20(30)27(18(16)29)10-11-7-8-12(21)13(22)9-11/h7-9,14-15,28H,3-6,10H2,1-2H3,(H,23,24)/t14-,15+/m0/s1. The van der Waals surface area contributed by atoms with Gasteiger partial charge in [0.15, 0.2) is 11.2 Å². The molecular weight excluding hydrogens is 429 g/mol. The molecule has 0 unspecified atom stereocenters. The Morgan fingerprint density at radius 2 is 1.87 bits per heavy atom. The van der Waals surface area contributed by atoms with E-state index in [-0.39, 0.29) is 12.6 Å². The summed E-state index contributed by atoms with van der Waals surface area (Å²) in [6.07, 6.45) is 3.11. The second kappa shape index (κ2) is 8.09. The number of anilines is 1. The molecule has 4 rings (SSSR count). The van der Waals surface area contributed by atoms with Crippen molar-refractivity contribution in [3.8, 4) is 0 Å². The fourth-order valence-electron chi connectivity index (χ4n) is 3.98. The molecule has 30 heavy (non-hydrogen) atoms. The highest BCUT2D eigenvalue weighted by atomic mass is 35.5. The smallest absolute Gasteiger partial charge is 0.332 e. The topological polar surface area (TPSA) is 94.1 Å². The number of aliphatic hydroxyl groups is 1. The Morgan fingerprint density at radius 3 is 2.57 bits per heavy atom. The van der Waals surface area contributed by atoms with Crippen LogP contribution in [-0.2, 0) is 20.6 Å². The number of aliphatic hydroxyl groups excluding tert-OH is 1. The predicted octanol–water partition coefficient (Wildman–Crippen LogP) is 2.50. The van der Waals surface area contributed by atoms with Crippen molar-refractivity contribution in [1.29, 1.82) is 0 Å². The number of rotatable bonds is 4. The average Bonchev–Trinajstić information content (AvgIpc) is 3.04. The van der Waals surface area contributed by atoms with Gasteiger partial charge in [0, 0.05) is 14.1 Å². The van der Waals surface area contributed by atoms with Crippen LogP contribution in [0.5, 0.6) is 0 Å². The SMILES string of the molecule is Cn1c(N[C@H]2CCCC[C@H]2O)nc2c1c(=O)n(Cc1ccc(Cl)c(Cl)c1)c(=O)n2C. The molecule has 1 aliphatic rings. The maximum absolute atomic E-state index is 13.2. The van der Waals surface area contributed by atoms with Gasteiger partial charge in [-0.2, -0.15) is 4.98 Å². The Labute approximate surface area is 182 Å². The van der Waals surface area contributed by atoms with Gasteiger partial charge < -0.3 is 15.0 Å². The maximum atomic E-state index is 13.2. The Balaban J connectivity index is 1.78. The van der Waals surface area contributed by atoms with Gasteiger partial charge >= 0.3 is 5.69 Å². The first-order valence-electron chi connectivity index (χ1n) is 9.82. The summed E-state index contributed by atoms with van der Waals surface area (Å²) in [5.41, 5.74) is 0.386. The van der Waals surface area contributed by atoms with Crippen molar-refractivity contribution >= 4 is 40.3 Å². The van der Waals surface area contributed by atoms with Gasteiger partial charge in [-0.05, 0) is 30.5 Å². The Bertz CT molecular complexity index is 1230. The summed E-state index contributed by atoms with van der Waals surface area (Å²) >= 11 is 12.0. The minimum atomic E-state index is -0.471. The molecular formula is C20H23Cl2N5O3. The van der Waals surface area contributed by atoms with Gasteiger partial charge in [0.1, 0.15) is 0 Å². The Hall–Kier alpha value is -2.29. The lowest BCUT2D eigenvalue weighted by molar-refractivity contribution is 0.116. The summed E-state index contributed by atoms with van der Waals surface area (Å²) in [6, 6.07) is 4.87. The van der Waals surface area contributed by atoms with E-state index < -0.39 is 17.4 Å². The van der Waals surface area contributed by atoms with Crippen LogP contribution in [0.2, 0.25) is 10.0 Å². The second-order valence-electron chi connectivity index (χ2n) is 7.75. The van der Waals surface area contributed by atoms with Gasteiger partial charge in [0.2, 0.25) is 5.95 Å². The van der Waals surface area contributed by atoms with E-state index in [1.165, 1.54) is 4.57 Å². The molecule has 2 heterocycles. The van der Waals surface area contributed by atoms with Crippen LogP contribution in [0.25, 0.3) is 11.2 Å². The third kappa shape index (κ3) is 3.64. The number of halogens is 2. The molecule has 0 aliphatic heterocycles. The number of imidazole rings is 1. The van der Waals surface area contributed by atoms with Gasteiger partial charge in [0.05, 0.1) is 28.7 Å². The third-order valence-corrected chi connectivity index (χ3v) is 6.47. The molecule has 0 saturated heterocycles. The fourth-order valence-corrected chi connectivity index (χ4v) is 4.30. The number of aryl methyl sites for hydroxylation is 2. The maximum Gasteiger partial charge on any atom is 0.332 e. The molecule has 0 spiro atoms. The summed E-state index contributed by atoms with van der Waals surface area (Å²) in [5.74, 6) is 0.454. The van der Waals surface area contributed by atoms with Crippen LogP contribution in [0, 0.1) is 0 Å². The van der Waals surface area contributed by atoms with Gasteiger partial charge in [-0.25, -0.2) is 4.79 Å². The normalized spacial score (nSPS) is 19.4. The van der Waals surface area contributed by atoms with Crippen molar-refractivity contribution in [1.82, 2.24) is 18.7 Å². The zero-order chi connectivity index (χ0) is 21.6. The van der Waals surface area contributed by atoms with Crippen molar-refractivity contribution in [3.63, 3.8) is 0 Å². The highest BCUT2D eigenvalue weighted by molar-refractivity contribution is 6.42. The number of aromatic nitrogens is 4. The van der Waals surface area contributed by atoms with Crippen LogP contribution in [0.3, 0.4) is 0 Å². The van der Waals surface area contributed by atoms with E-state index in [2.05, 4.69) is 10.3 Å². The van der Waals surface area contributed by atoms with Crippen molar-refractivity contribution in [3.05, 3.63) is 54.6 Å². The minimum Gasteiger partial charge on any atom is -0.391 e. The highest BCUT2D eigenvalue weighted by Crippen LogP contribution is 2.24. The van der Waals surface area contributed by atoms with Crippen LogP contribution >= 0.6 is 23.2 Å². The van der Waals surface area contributed by atoms with E-state index in [1.54, 1.807) is 36.9 Å². The van der Waals surface area contributed by atoms with E-state index in [0.29, 0.717) is 32.7 Å². The van der Waals surface area contributed by atoms with Gasteiger partial charge in [-0.3, -0.25) is 13.9 Å². The predicted molar refractivity (Wildman–Crippen MR) is 118 cm³/mol. The van der Waals surface area contributed by atoms with Gasteiger partial charge in [-0.1, -0.05) is 42.1 Å². The molecule has 0 bridgehead atoms. The highest BCUT2D eigenvalue weighted by Gasteiger charge is 2.26. The lowest BCUT2D eigenvalue weighted by atomic mass is 9.93. The van der Waals surface area contributed by atoms with Gasteiger partial charge in [-0.15, -0.1) is 0 Å². The molecule has 1 aromatic carbocycles. The number of hydrogen-bond acceptors (Lipinski definition) is 5. The van der Waals surface area contributed by atoms with Crippen molar-refractivity contribution in [2.75, 3.05) is 5.32 Å². The van der Waals surface area contributed by atoms with Crippen molar-refractivity contribution < 1.29 is 5.11 Å². The zero-order valence-corrected chi connectivity index (χ0v) is 18.2. The van der Waals surface area contributed by atoms with Gasteiger partial charge in [0.25, 0.3) is 5.56 Å². The molecule has 8 nitrogen and oxygen atoms in total. The van der Waals surface area contributed by atoms with E-state index in [0.717, 1.165) is 30.3 Å². The lowest BCUT2D eigenvalue weighted by Gasteiger charge is -2.28. The number of fused-ring (bicyclic) bond motifs is 1. The van der Waals surface area contributed by atoms with Crippen LogP contribution in [0.4, 0.5) is 5.95 Å². The minimum absolute atomic E-state index is 0.0631. The first kappa shape index (κ1) is 21.0. The second-order valence-corrected chi connectivity index (χ2v) is 8.57. The molecule has 1 fully saturated rings. The molecule has 160 valence electrons.